The summed E-state index contributed by atoms with van der Waals surface area (Å²) in [6.07, 6.45) is 1.95. The third-order valence-corrected chi connectivity index (χ3v) is 3.49. The van der Waals surface area contributed by atoms with E-state index in [4.69, 9.17) is 11.6 Å². The van der Waals surface area contributed by atoms with Crippen LogP contribution in [0.3, 0.4) is 0 Å². The van der Waals surface area contributed by atoms with E-state index in [1.54, 1.807) is 0 Å². The molecule has 0 aliphatic carbocycles. The van der Waals surface area contributed by atoms with Gasteiger partial charge in [-0.2, -0.15) is 0 Å². The lowest BCUT2D eigenvalue weighted by Crippen LogP contribution is -2.05. The maximum absolute atomic E-state index is 12.8. The van der Waals surface area contributed by atoms with Crippen LogP contribution in [0.5, 0.6) is 0 Å². The second-order valence-electron chi connectivity index (χ2n) is 3.37. The average Bonchev–Trinajstić information content (AvgIpc) is 2.17. The summed E-state index contributed by atoms with van der Waals surface area (Å²) in [5.74, 6) is 0.915. The van der Waals surface area contributed by atoms with Crippen molar-refractivity contribution < 1.29 is 4.39 Å². The summed E-state index contributed by atoms with van der Waals surface area (Å²) in [6, 6.07) is 4.80. The maximum Gasteiger partial charge on any atom is 0.124 e. The Kier molecular flexibility index (Phi) is 4.90. The molecule has 0 aromatic heterocycles. The topological polar surface area (TPSA) is 0 Å². The van der Waals surface area contributed by atoms with Crippen LogP contribution in [0.1, 0.15) is 18.9 Å². The van der Waals surface area contributed by atoms with Crippen molar-refractivity contribution in [2.45, 2.75) is 19.8 Å². The summed E-state index contributed by atoms with van der Waals surface area (Å²) in [6.45, 7) is 2.12. The Bertz CT molecular complexity index is 297. The van der Waals surface area contributed by atoms with Crippen LogP contribution in [0.25, 0.3) is 0 Å². The first-order valence-corrected chi connectivity index (χ1v) is 6.00. The van der Waals surface area contributed by atoms with Gasteiger partial charge in [0, 0.05) is 10.4 Å². The highest BCUT2D eigenvalue weighted by Gasteiger charge is 2.08. The van der Waals surface area contributed by atoms with Gasteiger partial charge in [-0.3, -0.25) is 0 Å². The molecule has 3 heteroatoms. The minimum atomic E-state index is -0.209. The number of halogens is 3. The minimum absolute atomic E-state index is 0.209. The van der Waals surface area contributed by atoms with Crippen molar-refractivity contribution in [2.75, 3.05) is 5.88 Å². The molecule has 1 unspecified atom stereocenters. The van der Waals surface area contributed by atoms with Crippen molar-refractivity contribution in [1.82, 2.24) is 0 Å². The Morgan fingerprint density at radius 2 is 2.21 bits per heavy atom. The third kappa shape index (κ3) is 3.25. The highest BCUT2D eigenvalue weighted by molar-refractivity contribution is 9.10. The number of hydrogen-bond donors (Lipinski definition) is 0. The molecule has 0 radical (unpaired) electrons. The molecule has 1 rings (SSSR count). The standard InChI is InChI=1S/C11H13BrClF/c1-2-8(7-13)5-9-3-4-10(14)6-11(9)12/h3-4,6,8H,2,5,7H2,1H3. The van der Waals surface area contributed by atoms with Crippen molar-refractivity contribution in [3.05, 3.63) is 34.1 Å². The molecule has 14 heavy (non-hydrogen) atoms. The van der Waals surface area contributed by atoms with E-state index >= 15 is 0 Å². The molecule has 0 N–H and O–H groups in total. The van der Waals surface area contributed by atoms with Crippen LogP contribution < -0.4 is 0 Å². The van der Waals surface area contributed by atoms with Gasteiger partial charge in [-0.25, -0.2) is 4.39 Å². The summed E-state index contributed by atoms with van der Waals surface area (Å²) in [7, 11) is 0. The number of hydrogen-bond acceptors (Lipinski definition) is 0. The Morgan fingerprint density at radius 3 is 2.71 bits per heavy atom. The van der Waals surface area contributed by atoms with Crippen LogP contribution in [0.15, 0.2) is 22.7 Å². The molecule has 78 valence electrons. The van der Waals surface area contributed by atoms with Crippen LogP contribution >= 0.6 is 27.5 Å². The molecule has 0 heterocycles. The van der Waals surface area contributed by atoms with Crippen LogP contribution in [0, 0.1) is 11.7 Å². The van der Waals surface area contributed by atoms with E-state index in [0.29, 0.717) is 11.8 Å². The van der Waals surface area contributed by atoms with E-state index in [2.05, 4.69) is 22.9 Å². The predicted molar refractivity (Wildman–Crippen MR) is 62.3 cm³/mol. The number of alkyl halides is 1. The van der Waals surface area contributed by atoms with Crippen molar-refractivity contribution in [3.8, 4) is 0 Å². The SMILES string of the molecule is CCC(CCl)Cc1ccc(F)cc1Br. The summed E-state index contributed by atoms with van der Waals surface area (Å²) in [5.41, 5.74) is 1.12. The van der Waals surface area contributed by atoms with Crippen molar-refractivity contribution in [3.63, 3.8) is 0 Å². The molecule has 0 aliphatic rings. The molecule has 0 bridgehead atoms. The van der Waals surface area contributed by atoms with Gasteiger partial charge in [-0.05, 0) is 30.0 Å². The molecule has 0 saturated carbocycles. The largest absolute Gasteiger partial charge is 0.207 e. The highest BCUT2D eigenvalue weighted by Crippen LogP contribution is 2.22. The van der Waals surface area contributed by atoms with Gasteiger partial charge in [-0.15, -0.1) is 11.6 Å². The zero-order chi connectivity index (χ0) is 10.6. The molecule has 1 aromatic carbocycles. The zero-order valence-corrected chi connectivity index (χ0v) is 10.4. The predicted octanol–water partition coefficient (Wildman–Crippen LogP) is 4.40. The van der Waals surface area contributed by atoms with E-state index in [0.717, 1.165) is 22.9 Å². The fourth-order valence-corrected chi connectivity index (χ4v) is 2.15. The van der Waals surface area contributed by atoms with Crippen molar-refractivity contribution in [1.29, 1.82) is 0 Å². The average molecular weight is 280 g/mol. The van der Waals surface area contributed by atoms with Crippen LogP contribution in [-0.4, -0.2) is 5.88 Å². The quantitative estimate of drug-likeness (QED) is 0.717. The summed E-state index contributed by atoms with van der Waals surface area (Å²) >= 11 is 9.16. The molecular formula is C11H13BrClF. The van der Waals surface area contributed by atoms with Gasteiger partial charge < -0.3 is 0 Å². The number of benzene rings is 1. The Hall–Kier alpha value is -0.0800. The van der Waals surface area contributed by atoms with E-state index < -0.39 is 0 Å². The second-order valence-corrected chi connectivity index (χ2v) is 4.53. The Balaban J connectivity index is 2.76. The molecule has 1 aromatic rings. The highest BCUT2D eigenvalue weighted by atomic mass is 79.9. The van der Waals surface area contributed by atoms with Crippen LogP contribution in [0.2, 0.25) is 0 Å². The summed E-state index contributed by atoms with van der Waals surface area (Å²) in [5, 5.41) is 0. The lowest BCUT2D eigenvalue weighted by Gasteiger charge is -2.12. The van der Waals surface area contributed by atoms with Crippen molar-refractivity contribution >= 4 is 27.5 Å². The van der Waals surface area contributed by atoms with Gasteiger partial charge in [0.1, 0.15) is 5.82 Å². The van der Waals surface area contributed by atoms with E-state index in [1.165, 1.54) is 12.1 Å². The molecule has 0 amide bonds. The maximum atomic E-state index is 12.8. The first kappa shape index (κ1) is 12.0. The van der Waals surface area contributed by atoms with Gasteiger partial charge in [0.25, 0.3) is 0 Å². The van der Waals surface area contributed by atoms with Gasteiger partial charge in [-0.1, -0.05) is 35.3 Å². The van der Waals surface area contributed by atoms with E-state index in [9.17, 15) is 4.39 Å². The van der Waals surface area contributed by atoms with Crippen molar-refractivity contribution in [2.24, 2.45) is 5.92 Å². The monoisotopic (exact) mass is 278 g/mol. The first-order valence-electron chi connectivity index (χ1n) is 4.67. The van der Waals surface area contributed by atoms with Crippen LogP contribution in [-0.2, 0) is 6.42 Å². The third-order valence-electron chi connectivity index (χ3n) is 2.32. The fraction of sp³-hybridized carbons (Fsp3) is 0.455. The van der Waals surface area contributed by atoms with E-state index in [1.807, 2.05) is 6.07 Å². The van der Waals surface area contributed by atoms with Gasteiger partial charge in [0.2, 0.25) is 0 Å². The summed E-state index contributed by atoms with van der Waals surface area (Å²) in [4.78, 5) is 0. The molecule has 0 aliphatic heterocycles. The first-order chi connectivity index (χ1) is 6.67. The molecule has 0 fully saturated rings. The molecule has 1 atom stereocenters. The Morgan fingerprint density at radius 1 is 1.50 bits per heavy atom. The van der Waals surface area contributed by atoms with Gasteiger partial charge in [0.05, 0.1) is 0 Å². The Labute approximate surface area is 97.6 Å². The number of rotatable bonds is 4. The smallest absolute Gasteiger partial charge is 0.124 e. The fourth-order valence-electron chi connectivity index (χ4n) is 1.31. The van der Waals surface area contributed by atoms with Gasteiger partial charge in [0.15, 0.2) is 0 Å². The zero-order valence-electron chi connectivity index (χ0n) is 8.06. The molecular weight excluding hydrogens is 266 g/mol. The molecule has 0 nitrogen and oxygen atoms in total. The normalized spacial score (nSPS) is 12.9. The van der Waals surface area contributed by atoms with Gasteiger partial charge >= 0.3 is 0 Å². The second kappa shape index (κ2) is 5.72. The minimum Gasteiger partial charge on any atom is -0.207 e. The molecule has 0 spiro atoms. The lowest BCUT2D eigenvalue weighted by molar-refractivity contribution is 0.563. The summed E-state index contributed by atoms with van der Waals surface area (Å²) < 4.78 is 13.6. The van der Waals surface area contributed by atoms with Crippen LogP contribution in [0.4, 0.5) is 4.39 Å². The molecule has 0 saturated heterocycles. The van der Waals surface area contributed by atoms with E-state index in [-0.39, 0.29) is 5.82 Å². The lowest BCUT2D eigenvalue weighted by atomic mass is 9.99.